The normalized spacial score (nSPS) is 14.8. The van der Waals surface area contributed by atoms with Gasteiger partial charge in [0.2, 0.25) is 5.91 Å². The molecule has 0 bridgehead atoms. The number of aryl methyl sites for hydroxylation is 2. The molecule has 0 spiro atoms. The quantitative estimate of drug-likeness (QED) is 0.929. The Hall–Kier alpha value is -1.68. The van der Waals surface area contributed by atoms with E-state index in [9.17, 15) is 4.79 Å². The Morgan fingerprint density at radius 1 is 1.35 bits per heavy atom. The van der Waals surface area contributed by atoms with E-state index in [1.54, 1.807) is 11.3 Å². The molecule has 3 rings (SSSR count). The lowest BCUT2D eigenvalue weighted by molar-refractivity contribution is -0.116. The minimum Gasteiger partial charge on any atom is -0.302 e. The minimum absolute atomic E-state index is 0.0498. The molecular weight excluding hydrogens is 268 g/mol. The molecular formula is C16H18N2OS. The van der Waals surface area contributed by atoms with Gasteiger partial charge in [-0.25, -0.2) is 4.98 Å². The second-order valence-electron chi connectivity index (χ2n) is 5.31. The summed E-state index contributed by atoms with van der Waals surface area (Å²) in [5.74, 6) is 0.275. The molecule has 104 valence electrons. The molecule has 0 fully saturated rings. The lowest BCUT2D eigenvalue weighted by Crippen LogP contribution is -2.14. The number of hydrogen-bond donors (Lipinski definition) is 1. The van der Waals surface area contributed by atoms with Crippen LogP contribution in [-0.2, 0) is 17.6 Å². The second kappa shape index (κ2) is 5.75. The van der Waals surface area contributed by atoms with Crippen molar-refractivity contribution in [3.8, 4) is 0 Å². The SMILES string of the molecule is C[C@H](CC(=O)Nc1nc2c(s1)CCC2)c1ccccc1. The van der Waals surface area contributed by atoms with E-state index in [1.807, 2.05) is 18.2 Å². The van der Waals surface area contributed by atoms with Gasteiger partial charge in [0.15, 0.2) is 5.13 Å². The average Bonchev–Trinajstić information content (AvgIpc) is 3.00. The maximum atomic E-state index is 12.1. The van der Waals surface area contributed by atoms with Crippen LogP contribution in [0, 0.1) is 0 Å². The second-order valence-corrected chi connectivity index (χ2v) is 6.39. The third-order valence-electron chi connectivity index (χ3n) is 3.70. The first-order valence-electron chi connectivity index (χ1n) is 7.06. The lowest BCUT2D eigenvalue weighted by atomic mass is 9.98. The molecule has 0 unspecified atom stereocenters. The first-order valence-corrected chi connectivity index (χ1v) is 7.87. The van der Waals surface area contributed by atoms with E-state index in [4.69, 9.17) is 0 Å². The molecule has 1 aromatic heterocycles. The van der Waals surface area contributed by atoms with Crippen molar-refractivity contribution in [1.82, 2.24) is 4.98 Å². The Labute approximate surface area is 123 Å². The number of aromatic nitrogens is 1. The van der Waals surface area contributed by atoms with E-state index >= 15 is 0 Å². The summed E-state index contributed by atoms with van der Waals surface area (Å²) >= 11 is 1.63. The Bertz CT molecular complexity index is 585. The number of rotatable bonds is 4. The van der Waals surface area contributed by atoms with E-state index in [0.717, 1.165) is 18.0 Å². The van der Waals surface area contributed by atoms with Crippen LogP contribution in [0.3, 0.4) is 0 Å². The molecule has 1 amide bonds. The smallest absolute Gasteiger partial charge is 0.226 e. The van der Waals surface area contributed by atoms with Crippen LogP contribution in [0.25, 0.3) is 0 Å². The molecule has 3 nitrogen and oxygen atoms in total. The van der Waals surface area contributed by atoms with E-state index in [1.165, 1.54) is 22.6 Å². The molecule has 1 atom stereocenters. The number of fused-ring (bicyclic) bond motifs is 1. The van der Waals surface area contributed by atoms with E-state index in [-0.39, 0.29) is 11.8 Å². The van der Waals surface area contributed by atoms with Crippen LogP contribution in [0.4, 0.5) is 5.13 Å². The average molecular weight is 286 g/mol. The van der Waals surface area contributed by atoms with E-state index in [0.29, 0.717) is 6.42 Å². The number of nitrogens with zero attached hydrogens (tertiary/aromatic N) is 1. The lowest BCUT2D eigenvalue weighted by Gasteiger charge is -2.10. The van der Waals surface area contributed by atoms with Crippen LogP contribution in [0.2, 0.25) is 0 Å². The molecule has 2 aromatic rings. The molecule has 20 heavy (non-hydrogen) atoms. The highest BCUT2D eigenvalue weighted by atomic mass is 32.1. The van der Waals surface area contributed by atoms with Crippen LogP contribution in [0.1, 0.15) is 41.8 Å². The van der Waals surface area contributed by atoms with Gasteiger partial charge in [-0.1, -0.05) is 37.3 Å². The Kier molecular flexibility index (Phi) is 3.83. The molecule has 1 aliphatic carbocycles. The largest absolute Gasteiger partial charge is 0.302 e. The van der Waals surface area contributed by atoms with Crippen LogP contribution >= 0.6 is 11.3 Å². The third kappa shape index (κ3) is 2.90. The number of hydrogen-bond acceptors (Lipinski definition) is 3. The highest BCUT2D eigenvalue weighted by Gasteiger charge is 2.18. The predicted molar refractivity (Wildman–Crippen MR) is 82.2 cm³/mol. The monoisotopic (exact) mass is 286 g/mol. The van der Waals surface area contributed by atoms with Crippen molar-refractivity contribution < 1.29 is 4.79 Å². The van der Waals surface area contributed by atoms with E-state index < -0.39 is 0 Å². The molecule has 4 heteroatoms. The summed E-state index contributed by atoms with van der Waals surface area (Å²) in [7, 11) is 0. The third-order valence-corrected chi connectivity index (χ3v) is 4.78. The molecule has 1 heterocycles. The summed E-state index contributed by atoms with van der Waals surface area (Å²) in [5.41, 5.74) is 2.38. The number of thiazole rings is 1. The van der Waals surface area contributed by atoms with Crippen LogP contribution in [0.5, 0.6) is 0 Å². The fraction of sp³-hybridized carbons (Fsp3) is 0.375. The number of anilines is 1. The summed E-state index contributed by atoms with van der Waals surface area (Å²) in [6.07, 6.45) is 3.87. The van der Waals surface area contributed by atoms with Gasteiger partial charge in [-0.15, -0.1) is 11.3 Å². The van der Waals surface area contributed by atoms with Crippen molar-refractivity contribution >= 4 is 22.4 Å². The number of nitrogens with one attached hydrogen (secondary N) is 1. The van der Waals surface area contributed by atoms with Crippen molar-refractivity contribution in [2.24, 2.45) is 0 Å². The van der Waals surface area contributed by atoms with Crippen LogP contribution in [-0.4, -0.2) is 10.9 Å². The zero-order chi connectivity index (χ0) is 13.9. The predicted octanol–water partition coefficient (Wildman–Crippen LogP) is 3.76. The van der Waals surface area contributed by atoms with Gasteiger partial charge < -0.3 is 5.32 Å². The molecule has 1 N–H and O–H groups in total. The highest BCUT2D eigenvalue weighted by molar-refractivity contribution is 7.15. The maximum Gasteiger partial charge on any atom is 0.226 e. The zero-order valence-corrected chi connectivity index (χ0v) is 12.4. The van der Waals surface area contributed by atoms with Crippen LogP contribution in [0.15, 0.2) is 30.3 Å². The van der Waals surface area contributed by atoms with Crippen molar-refractivity contribution in [3.05, 3.63) is 46.5 Å². The first-order chi connectivity index (χ1) is 9.72. The van der Waals surface area contributed by atoms with Gasteiger partial charge in [-0.05, 0) is 30.7 Å². The highest BCUT2D eigenvalue weighted by Crippen LogP contribution is 2.30. The summed E-state index contributed by atoms with van der Waals surface area (Å²) in [4.78, 5) is 17.9. The van der Waals surface area contributed by atoms with Crippen molar-refractivity contribution in [2.45, 2.75) is 38.5 Å². The molecule has 1 aliphatic rings. The summed E-state index contributed by atoms with van der Waals surface area (Å²) in [5, 5.41) is 3.70. The van der Waals surface area contributed by atoms with Crippen molar-refractivity contribution in [2.75, 3.05) is 5.32 Å². The van der Waals surface area contributed by atoms with Crippen molar-refractivity contribution in [1.29, 1.82) is 0 Å². The number of carbonyl (C=O) groups excluding carboxylic acids is 1. The summed E-state index contributed by atoms with van der Waals surface area (Å²) in [6, 6.07) is 10.1. The zero-order valence-electron chi connectivity index (χ0n) is 11.6. The fourth-order valence-electron chi connectivity index (χ4n) is 2.59. The van der Waals surface area contributed by atoms with E-state index in [2.05, 4.69) is 29.4 Å². The van der Waals surface area contributed by atoms with Gasteiger partial charge in [0.25, 0.3) is 0 Å². The van der Waals surface area contributed by atoms with Crippen molar-refractivity contribution in [3.63, 3.8) is 0 Å². The van der Waals surface area contributed by atoms with Gasteiger partial charge >= 0.3 is 0 Å². The Morgan fingerprint density at radius 2 is 2.15 bits per heavy atom. The van der Waals surface area contributed by atoms with Gasteiger partial charge in [0.05, 0.1) is 5.69 Å². The first kappa shape index (κ1) is 13.3. The van der Waals surface area contributed by atoms with Crippen LogP contribution < -0.4 is 5.32 Å². The Morgan fingerprint density at radius 3 is 2.90 bits per heavy atom. The molecule has 0 aliphatic heterocycles. The molecule has 1 aromatic carbocycles. The molecule has 0 saturated carbocycles. The summed E-state index contributed by atoms with van der Waals surface area (Å²) in [6.45, 7) is 2.08. The topological polar surface area (TPSA) is 42.0 Å². The molecule has 0 saturated heterocycles. The number of benzene rings is 1. The Balaban J connectivity index is 1.59. The van der Waals surface area contributed by atoms with Gasteiger partial charge in [0, 0.05) is 11.3 Å². The standard InChI is InChI=1S/C16H18N2OS/c1-11(12-6-3-2-4-7-12)10-15(19)18-16-17-13-8-5-9-14(13)20-16/h2-4,6-7,11H,5,8-10H2,1H3,(H,17,18,19)/t11-/m1/s1. The van der Waals surface area contributed by atoms with Gasteiger partial charge in [-0.3, -0.25) is 4.79 Å². The van der Waals surface area contributed by atoms with Gasteiger partial charge in [-0.2, -0.15) is 0 Å². The molecule has 0 radical (unpaired) electrons. The fourth-order valence-corrected chi connectivity index (χ4v) is 3.66. The number of amides is 1. The number of carbonyl (C=O) groups is 1. The van der Waals surface area contributed by atoms with Gasteiger partial charge in [0.1, 0.15) is 0 Å². The minimum atomic E-state index is 0.0498. The summed E-state index contributed by atoms with van der Waals surface area (Å²) < 4.78 is 0. The maximum absolute atomic E-state index is 12.1.